The predicted molar refractivity (Wildman–Crippen MR) is 166 cm³/mol. The SMILES string of the molecule is CC1CCC(Cc2ccc(-c3cc(C(C)C)c4c(c3O)C(O)=C3C(=O)[C@]5(O)C(O)=C(C(N)=O)C(=O)C[C@@H]5C[C@@H]3C4)cc2)CC1. The van der Waals surface area contributed by atoms with Gasteiger partial charge in [-0.25, -0.2) is 0 Å². The van der Waals surface area contributed by atoms with Crippen molar-refractivity contribution in [2.24, 2.45) is 29.4 Å². The number of benzene rings is 2. The van der Waals surface area contributed by atoms with Gasteiger partial charge in [0.15, 0.2) is 11.4 Å². The lowest BCUT2D eigenvalue weighted by Gasteiger charge is -2.46. The second kappa shape index (κ2) is 10.9. The molecule has 0 aromatic heterocycles. The number of nitrogens with two attached hydrogens (primary N) is 1. The monoisotopic (exact) mass is 599 g/mol. The van der Waals surface area contributed by atoms with Crippen LogP contribution in [0.1, 0.15) is 87.5 Å². The highest BCUT2D eigenvalue weighted by atomic mass is 16.3. The number of primary amides is 1. The highest BCUT2D eigenvalue weighted by Gasteiger charge is 2.60. The molecule has 0 heterocycles. The Balaban J connectivity index is 1.42. The third kappa shape index (κ3) is 4.66. The van der Waals surface area contributed by atoms with Crippen molar-refractivity contribution in [2.45, 2.75) is 83.7 Å². The minimum atomic E-state index is -2.57. The number of carbonyl (C=O) groups excluding carboxylic acids is 3. The average molecular weight is 600 g/mol. The predicted octanol–water partition coefficient (Wildman–Crippen LogP) is 5.58. The summed E-state index contributed by atoms with van der Waals surface area (Å²) >= 11 is 0. The Hall–Kier alpha value is -3.91. The number of ketones is 2. The summed E-state index contributed by atoms with van der Waals surface area (Å²) in [4.78, 5) is 38.5. The maximum absolute atomic E-state index is 13.9. The Kier molecular flexibility index (Phi) is 7.47. The molecule has 2 aromatic rings. The number of hydrogen-bond acceptors (Lipinski definition) is 7. The smallest absolute Gasteiger partial charge is 0.255 e. The van der Waals surface area contributed by atoms with Gasteiger partial charge in [0.2, 0.25) is 5.78 Å². The number of phenolic OH excluding ortho intramolecular Hbond substituents is 1. The number of aromatic hydroxyl groups is 1. The first kappa shape index (κ1) is 30.1. The number of Topliss-reactive ketones (excluding diaryl/α,β-unsaturated/α-hetero) is 2. The molecule has 44 heavy (non-hydrogen) atoms. The van der Waals surface area contributed by atoms with E-state index in [1.54, 1.807) is 0 Å². The van der Waals surface area contributed by atoms with Gasteiger partial charge in [0.25, 0.3) is 5.91 Å². The lowest BCUT2D eigenvalue weighted by atomic mass is 9.59. The van der Waals surface area contributed by atoms with E-state index in [4.69, 9.17) is 5.73 Å². The molecule has 6 N–H and O–H groups in total. The molecular weight excluding hydrogens is 558 g/mol. The number of carbonyl (C=O) groups is 3. The van der Waals surface area contributed by atoms with Gasteiger partial charge in [0.05, 0.1) is 5.56 Å². The van der Waals surface area contributed by atoms with Gasteiger partial charge >= 0.3 is 0 Å². The molecule has 232 valence electrons. The first-order chi connectivity index (χ1) is 20.8. The summed E-state index contributed by atoms with van der Waals surface area (Å²) < 4.78 is 0. The van der Waals surface area contributed by atoms with E-state index in [9.17, 15) is 34.8 Å². The molecule has 1 amide bonds. The van der Waals surface area contributed by atoms with E-state index in [0.29, 0.717) is 23.5 Å². The van der Waals surface area contributed by atoms with E-state index in [1.165, 1.54) is 31.2 Å². The maximum Gasteiger partial charge on any atom is 0.255 e. The van der Waals surface area contributed by atoms with Crippen LogP contribution in [-0.2, 0) is 27.2 Å². The van der Waals surface area contributed by atoms with Crippen LogP contribution in [0.15, 0.2) is 47.2 Å². The van der Waals surface area contributed by atoms with Crippen LogP contribution in [-0.4, -0.2) is 43.5 Å². The van der Waals surface area contributed by atoms with Crippen LogP contribution in [0.3, 0.4) is 0 Å². The first-order valence-electron chi connectivity index (χ1n) is 15.8. The number of aliphatic hydroxyl groups excluding tert-OH is 2. The van der Waals surface area contributed by atoms with Crippen molar-refractivity contribution < 1.29 is 34.8 Å². The first-order valence-corrected chi connectivity index (χ1v) is 15.8. The number of aliphatic hydroxyl groups is 3. The molecule has 8 nitrogen and oxygen atoms in total. The molecule has 0 aliphatic heterocycles. The number of hydrogen-bond donors (Lipinski definition) is 5. The molecule has 2 aromatic carbocycles. The fraction of sp³-hybridized carbons (Fsp3) is 0.472. The molecule has 2 saturated carbocycles. The molecule has 0 bridgehead atoms. The molecule has 4 aliphatic carbocycles. The van der Waals surface area contributed by atoms with Gasteiger partial charge in [-0.3, -0.25) is 14.4 Å². The summed E-state index contributed by atoms with van der Waals surface area (Å²) in [6.45, 7) is 6.37. The highest BCUT2D eigenvalue weighted by molar-refractivity contribution is 6.22. The van der Waals surface area contributed by atoms with E-state index in [1.807, 2.05) is 32.0 Å². The van der Waals surface area contributed by atoms with Crippen molar-refractivity contribution in [3.05, 3.63) is 69.5 Å². The maximum atomic E-state index is 13.9. The molecule has 2 fully saturated rings. The fourth-order valence-corrected chi connectivity index (χ4v) is 8.14. The van der Waals surface area contributed by atoms with Crippen LogP contribution in [0.4, 0.5) is 0 Å². The number of phenols is 1. The standard InChI is InChI=1S/C36H41NO7/c1-17(2)24-16-25(21-10-8-20(9-11-21)12-19-6-4-18(3)5-7-19)31(39)29-26(24)14-22-13-23-15-27(38)30(35(37)43)34(42)36(23,44)33(41)28(22)32(29)40/h8-11,16-19,22-23,39-40,42,44H,4-7,12-15H2,1-3H3,(H2,37,43)/t18?,19?,22-,23+,36+/m1/s1. The molecule has 0 saturated heterocycles. The normalized spacial score (nSPS) is 28.6. The van der Waals surface area contributed by atoms with Gasteiger partial charge in [-0.15, -0.1) is 0 Å². The van der Waals surface area contributed by atoms with E-state index in [2.05, 4.69) is 19.1 Å². The molecule has 0 unspecified atom stereocenters. The molecule has 8 heteroatoms. The Morgan fingerprint density at radius 1 is 1.02 bits per heavy atom. The van der Waals surface area contributed by atoms with Gasteiger partial charge in [0, 0.05) is 23.5 Å². The number of amides is 1. The van der Waals surface area contributed by atoms with Gasteiger partial charge in [0.1, 0.15) is 22.8 Å². The van der Waals surface area contributed by atoms with Crippen LogP contribution in [0.2, 0.25) is 0 Å². The fourth-order valence-electron chi connectivity index (χ4n) is 8.14. The van der Waals surface area contributed by atoms with E-state index < -0.39 is 52.0 Å². The zero-order valence-corrected chi connectivity index (χ0v) is 25.5. The largest absolute Gasteiger partial charge is 0.508 e. The van der Waals surface area contributed by atoms with Crippen LogP contribution >= 0.6 is 0 Å². The van der Waals surface area contributed by atoms with Crippen molar-refractivity contribution in [3.63, 3.8) is 0 Å². The van der Waals surface area contributed by atoms with Crippen molar-refractivity contribution in [3.8, 4) is 16.9 Å². The topological polar surface area (TPSA) is 158 Å². The lowest BCUT2D eigenvalue weighted by Crippen LogP contribution is -2.58. The third-order valence-corrected chi connectivity index (χ3v) is 10.6. The van der Waals surface area contributed by atoms with Crippen LogP contribution < -0.4 is 5.73 Å². The van der Waals surface area contributed by atoms with Gasteiger partial charge in [-0.2, -0.15) is 0 Å². The van der Waals surface area contributed by atoms with E-state index in [-0.39, 0.29) is 35.6 Å². The highest BCUT2D eigenvalue weighted by Crippen LogP contribution is 2.54. The lowest BCUT2D eigenvalue weighted by molar-refractivity contribution is -0.147. The van der Waals surface area contributed by atoms with Crippen molar-refractivity contribution in [1.29, 1.82) is 0 Å². The zero-order valence-electron chi connectivity index (χ0n) is 25.5. The molecule has 3 atom stereocenters. The zero-order chi connectivity index (χ0) is 31.7. The molecule has 4 aliphatic rings. The second-order valence-electron chi connectivity index (χ2n) is 13.8. The molecule has 6 rings (SSSR count). The Bertz CT molecular complexity index is 1620. The number of rotatable bonds is 5. The minimum Gasteiger partial charge on any atom is -0.508 e. The average Bonchev–Trinajstić information content (AvgIpc) is 2.96. The Morgan fingerprint density at radius 2 is 1.68 bits per heavy atom. The molecule has 0 radical (unpaired) electrons. The van der Waals surface area contributed by atoms with Crippen molar-refractivity contribution in [1.82, 2.24) is 0 Å². The van der Waals surface area contributed by atoms with E-state index in [0.717, 1.165) is 23.5 Å². The summed E-state index contributed by atoms with van der Waals surface area (Å²) in [5, 5.41) is 45.7. The van der Waals surface area contributed by atoms with Crippen LogP contribution in [0, 0.1) is 23.7 Å². The quantitative estimate of drug-likeness (QED) is 0.281. The summed E-state index contributed by atoms with van der Waals surface area (Å²) in [6, 6.07) is 10.1. The number of fused-ring (bicyclic) bond motifs is 3. The van der Waals surface area contributed by atoms with Gasteiger partial charge in [-0.1, -0.05) is 57.9 Å². The van der Waals surface area contributed by atoms with Crippen LogP contribution in [0.5, 0.6) is 5.75 Å². The summed E-state index contributed by atoms with van der Waals surface area (Å²) in [5.74, 6) is -4.66. The second-order valence-corrected chi connectivity index (χ2v) is 13.8. The van der Waals surface area contributed by atoms with Gasteiger partial charge < -0.3 is 26.2 Å². The summed E-state index contributed by atoms with van der Waals surface area (Å²) in [5.41, 5.74) is 6.13. The van der Waals surface area contributed by atoms with E-state index >= 15 is 0 Å². The van der Waals surface area contributed by atoms with Crippen molar-refractivity contribution in [2.75, 3.05) is 0 Å². The summed E-state index contributed by atoms with van der Waals surface area (Å²) in [7, 11) is 0. The molecular formula is C36H41NO7. The minimum absolute atomic E-state index is 0.0306. The Labute approximate surface area is 257 Å². The third-order valence-electron chi connectivity index (χ3n) is 10.6. The van der Waals surface area contributed by atoms with Crippen LogP contribution in [0.25, 0.3) is 16.9 Å². The Morgan fingerprint density at radius 3 is 2.30 bits per heavy atom. The summed E-state index contributed by atoms with van der Waals surface area (Å²) in [6.07, 6.45) is 6.12. The molecule has 0 spiro atoms. The van der Waals surface area contributed by atoms with Gasteiger partial charge in [-0.05, 0) is 84.1 Å². The van der Waals surface area contributed by atoms with Crippen molar-refractivity contribution >= 4 is 23.2 Å².